The summed E-state index contributed by atoms with van der Waals surface area (Å²) in [5, 5.41) is 3.74. The van der Waals surface area contributed by atoms with Gasteiger partial charge in [-0.05, 0) is 18.2 Å². The van der Waals surface area contributed by atoms with Gasteiger partial charge in [0.2, 0.25) is 0 Å². The van der Waals surface area contributed by atoms with E-state index in [9.17, 15) is 4.79 Å². The van der Waals surface area contributed by atoms with E-state index in [4.69, 9.17) is 5.73 Å². The highest BCUT2D eigenvalue weighted by atomic mass is 32.1. The molecule has 0 saturated carbocycles. The summed E-state index contributed by atoms with van der Waals surface area (Å²) in [5.74, 6) is -0.1000. The van der Waals surface area contributed by atoms with Crippen molar-refractivity contribution in [2.24, 2.45) is 5.73 Å². The quantitative estimate of drug-likeness (QED) is 0.778. The molecule has 0 fully saturated rings. The van der Waals surface area contributed by atoms with Gasteiger partial charge in [0.05, 0.1) is 10.2 Å². The van der Waals surface area contributed by atoms with Gasteiger partial charge in [-0.3, -0.25) is 4.79 Å². The van der Waals surface area contributed by atoms with Crippen molar-refractivity contribution < 1.29 is 4.79 Å². The number of amides is 1. The number of fused-ring (bicyclic) bond motifs is 1. The smallest absolute Gasteiger partial charge is 0.251 e. The van der Waals surface area contributed by atoms with E-state index >= 15 is 0 Å². The Morgan fingerprint density at radius 2 is 2.00 bits per heavy atom. The largest absolute Gasteiger partial charge is 0.351 e. The normalized spacial score (nSPS) is 10.7. The Labute approximate surface area is 126 Å². The van der Waals surface area contributed by atoms with Crippen LogP contribution < -0.4 is 11.1 Å². The fourth-order valence-electron chi connectivity index (χ4n) is 2.06. The first-order valence-corrected chi connectivity index (χ1v) is 7.54. The molecule has 2 aromatic carbocycles. The predicted molar refractivity (Wildman–Crippen MR) is 86.4 cm³/mol. The Balaban J connectivity index is 1.94. The summed E-state index contributed by atoms with van der Waals surface area (Å²) in [6.45, 7) is 0.918. The van der Waals surface area contributed by atoms with Crippen LogP contribution in [-0.2, 0) is 0 Å². The van der Waals surface area contributed by atoms with E-state index < -0.39 is 0 Å². The van der Waals surface area contributed by atoms with Gasteiger partial charge >= 0.3 is 0 Å². The third kappa shape index (κ3) is 2.94. The molecule has 3 N–H and O–H groups in total. The second kappa shape index (κ2) is 6.03. The van der Waals surface area contributed by atoms with E-state index in [1.807, 2.05) is 42.5 Å². The number of nitrogens with one attached hydrogen (secondary N) is 1. The molecule has 4 nitrogen and oxygen atoms in total. The van der Waals surface area contributed by atoms with E-state index in [0.29, 0.717) is 18.7 Å². The van der Waals surface area contributed by atoms with Crippen LogP contribution in [0.2, 0.25) is 0 Å². The van der Waals surface area contributed by atoms with Gasteiger partial charge in [0, 0.05) is 24.2 Å². The Kier molecular flexibility index (Phi) is 3.94. The van der Waals surface area contributed by atoms with Gasteiger partial charge in [0.25, 0.3) is 5.91 Å². The summed E-state index contributed by atoms with van der Waals surface area (Å²) in [6, 6.07) is 15.6. The van der Waals surface area contributed by atoms with Crippen molar-refractivity contribution in [3.05, 3.63) is 54.1 Å². The van der Waals surface area contributed by atoms with Gasteiger partial charge in [0.15, 0.2) is 0 Å². The highest BCUT2D eigenvalue weighted by molar-refractivity contribution is 7.21. The third-order valence-corrected chi connectivity index (χ3v) is 4.17. The standard InChI is InChI=1S/C16H15N3OS/c17-8-9-18-15(20)12-6-7-13-14(10-12)21-16(19-13)11-4-2-1-3-5-11/h1-7,10H,8-9,17H2,(H,18,20). The van der Waals surface area contributed by atoms with Crippen LogP contribution in [0.3, 0.4) is 0 Å². The van der Waals surface area contributed by atoms with Crippen molar-refractivity contribution >= 4 is 27.5 Å². The number of thiazole rings is 1. The molecule has 106 valence electrons. The number of nitrogens with zero attached hydrogens (tertiary/aromatic N) is 1. The van der Waals surface area contributed by atoms with Gasteiger partial charge in [0.1, 0.15) is 5.01 Å². The zero-order valence-corrected chi connectivity index (χ0v) is 12.2. The molecule has 3 aromatic rings. The zero-order chi connectivity index (χ0) is 14.7. The van der Waals surface area contributed by atoms with Crippen LogP contribution in [0.15, 0.2) is 48.5 Å². The number of nitrogens with two attached hydrogens (primary N) is 1. The van der Waals surface area contributed by atoms with E-state index in [1.165, 1.54) is 0 Å². The Morgan fingerprint density at radius 1 is 1.19 bits per heavy atom. The van der Waals surface area contributed by atoms with Crippen LogP contribution in [0.25, 0.3) is 20.8 Å². The summed E-state index contributed by atoms with van der Waals surface area (Å²) >= 11 is 1.59. The third-order valence-electron chi connectivity index (χ3n) is 3.10. The number of hydrogen-bond acceptors (Lipinski definition) is 4. The molecule has 0 aliphatic heterocycles. The molecule has 3 rings (SSSR count). The molecule has 1 heterocycles. The maximum absolute atomic E-state index is 11.9. The fourth-order valence-corrected chi connectivity index (χ4v) is 3.07. The molecule has 0 radical (unpaired) electrons. The number of benzene rings is 2. The minimum Gasteiger partial charge on any atom is -0.351 e. The van der Waals surface area contributed by atoms with E-state index in [-0.39, 0.29) is 5.91 Å². The number of aromatic nitrogens is 1. The van der Waals surface area contributed by atoms with Crippen molar-refractivity contribution in [2.75, 3.05) is 13.1 Å². The summed E-state index contributed by atoms with van der Waals surface area (Å²) in [6.07, 6.45) is 0. The van der Waals surface area contributed by atoms with Crippen molar-refractivity contribution in [3.8, 4) is 10.6 Å². The Bertz CT molecular complexity index is 768. The van der Waals surface area contributed by atoms with Gasteiger partial charge in [-0.25, -0.2) is 4.98 Å². The first-order valence-electron chi connectivity index (χ1n) is 6.72. The average Bonchev–Trinajstić information content (AvgIpc) is 2.96. The molecule has 0 spiro atoms. The molecule has 0 saturated heterocycles. The van der Waals surface area contributed by atoms with Gasteiger partial charge < -0.3 is 11.1 Å². The maximum Gasteiger partial charge on any atom is 0.251 e. The number of carbonyl (C=O) groups excluding carboxylic acids is 1. The van der Waals surface area contributed by atoms with Gasteiger partial charge in [-0.15, -0.1) is 11.3 Å². The number of hydrogen-bond donors (Lipinski definition) is 2. The molecule has 0 bridgehead atoms. The monoisotopic (exact) mass is 297 g/mol. The highest BCUT2D eigenvalue weighted by Crippen LogP contribution is 2.30. The molecular formula is C16H15N3OS. The first kappa shape index (κ1) is 13.7. The second-order valence-corrected chi connectivity index (χ2v) is 5.64. The minimum atomic E-state index is -0.1000. The average molecular weight is 297 g/mol. The summed E-state index contributed by atoms with van der Waals surface area (Å²) in [7, 11) is 0. The van der Waals surface area contributed by atoms with E-state index in [1.54, 1.807) is 17.4 Å². The van der Waals surface area contributed by atoms with Crippen molar-refractivity contribution in [1.29, 1.82) is 0 Å². The zero-order valence-electron chi connectivity index (χ0n) is 11.4. The molecule has 0 aliphatic rings. The van der Waals surface area contributed by atoms with Crippen LogP contribution in [0.1, 0.15) is 10.4 Å². The minimum absolute atomic E-state index is 0.1000. The Morgan fingerprint density at radius 3 is 2.76 bits per heavy atom. The molecule has 1 amide bonds. The predicted octanol–water partition coefficient (Wildman–Crippen LogP) is 2.65. The van der Waals surface area contributed by atoms with Crippen molar-refractivity contribution in [2.45, 2.75) is 0 Å². The number of carbonyl (C=O) groups is 1. The lowest BCUT2D eigenvalue weighted by molar-refractivity contribution is 0.0955. The molecule has 21 heavy (non-hydrogen) atoms. The maximum atomic E-state index is 11.9. The molecule has 0 atom stereocenters. The molecule has 1 aromatic heterocycles. The van der Waals surface area contributed by atoms with E-state index in [2.05, 4.69) is 10.3 Å². The molecule has 5 heteroatoms. The summed E-state index contributed by atoms with van der Waals surface area (Å²) in [5.41, 5.74) is 8.03. The van der Waals surface area contributed by atoms with Crippen LogP contribution in [0.4, 0.5) is 0 Å². The highest BCUT2D eigenvalue weighted by Gasteiger charge is 2.10. The van der Waals surface area contributed by atoms with Gasteiger partial charge in [-0.2, -0.15) is 0 Å². The number of rotatable bonds is 4. The van der Waals surface area contributed by atoms with Crippen molar-refractivity contribution in [1.82, 2.24) is 10.3 Å². The van der Waals surface area contributed by atoms with Gasteiger partial charge in [-0.1, -0.05) is 30.3 Å². The van der Waals surface area contributed by atoms with Crippen LogP contribution in [0.5, 0.6) is 0 Å². The van der Waals surface area contributed by atoms with Crippen LogP contribution in [0, 0.1) is 0 Å². The first-order chi connectivity index (χ1) is 10.3. The van der Waals surface area contributed by atoms with Crippen molar-refractivity contribution in [3.63, 3.8) is 0 Å². The molecule has 0 aliphatic carbocycles. The lowest BCUT2D eigenvalue weighted by Gasteiger charge is -2.02. The van der Waals surface area contributed by atoms with E-state index in [0.717, 1.165) is 20.8 Å². The van der Waals surface area contributed by atoms with Crippen LogP contribution in [-0.4, -0.2) is 24.0 Å². The topological polar surface area (TPSA) is 68.0 Å². The second-order valence-electron chi connectivity index (χ2n) is 4.61. The molecular weight excluding hydrogens is 282 g/mol. The summed E-state index contributed by atoms with van der Waals surface area (Å²) < 4.78 is 1.01. The van der Waals surface area contributed by atoms with Crippen LogP contribution >= 0.6 is 11.3 Å². The molecule has 0 unspecified atom stereocenters. The Hall–Kier alpha value is -2.24. The summed E-state index contributed by atoms with van der Waals surface area (Å²) in [4.78, 5) is 16.6. The SMILES string of the molecule is NCCNC(=O)c1ccc2nc(-c3ccccc3)sc2c1. The lowest BCUT2D eigenvalue weighted by Crippen LogP contribution is -2.28. The lowest BCUT2D eigenvalue weighted by atomic mass is 10.2. The fraction of sp³-hybridized carbons (Fsp3) is 0.125.